The number of rotatable bonds is 3. The Labute approximate surface area is 167 Å². The molecule has 1 amide bonds. The Bertz CT molecular complexity index is 924. The molecule has 2 heterocycles. The molecule has 1 N–H and O–H groups in total. The van der Waals surface area contributed by atoms with E-state index in [2.05, 4.69) is 5.32 Å². The smallest absolute Gasteiger partial charge is 0.236 e. The quantitative estimate of drug-likeness (QED) is 0.800. The van der Waals surface area contributed by atoms with Crippen molar-refractivity contribution in [2.75, 3.05) is 20.2 Å². The zero-order chi connectivity index (χ0) is 19.9. The van der Waals surface area contributed by atoms with E-state index < -0.39 is 11.5 Å². The summed E-state index contributed by atoms with van der Waals surface area (Å²) in [4.78, 5) is 31.3. The van der Waals surface area contributed by atoms with Gasteiger partial charge in [0.25, 0.3) is 0 Å². The molecule has 1 unspecified atom stereocenters. The van der Waals surface area contributed by atoms with Crippen molar-refractivity contribution in [3.05, 3.63) is 58.9 Å². The standard InChI is InChI=1S/C21H20ClFN2O3/c1-28-25-10-8-21(9-11-25)19(26)18(20(27)24-21)16-12-14(4-7-17(16)22)13-2-5-15(23)6-3-13/h2-7,12,18H,8-11H2,1H3,(H,24,27). The number of carbonyl (C=O) groups is 2. The number of hydrogen-bond acceptors (Lipinski definition) is 4. The lowest BCUT2D eigenvalue weighted by atomic mass is 9.80. The molecule has 5 nitrogen and oxygen atoms in total. The molecule has 0 aromatic heterocycles. The van der Waals surface area contributed by atoms with Crippen LogP contribution < -0.4 is 5.32 Å². The lowest BCUT2D eigenvalue weighted by Crippen LogP contribution is -2.54. The van der Waals surface area contributed by atoms with Crippen LogP contribution in [0.4, 0.5) is 4.39 Å². The molecule has 2 aliphatic heterocycles. The van der Waals surface area contributed by atoms with Gasteiger partial charge in [-0.25, -0.2) is 4.39 Å². The summed E-state index contributed by atoms with van der Waals surface area (Å²) in [7, 11) is 1.59. The van der Waals surface area contributed by atoms with Crippen molar-refractivity contribution in [3.8, 4) is 11.1 Å². The summed E-state index contributed by atoms with van der Waals surface area (Å²) in [5, 5.41) is 5.07. The maximum absolute atomic E-state index is 13.3. The van der Waals surface area contributed by atoms with Gasteiger partial charge >= 0.3 is 0 Å². The number of hydroxylamine groups is 2. The number of ketones is 1. The number of hydrogen-bond donors (Lipinski definition) is 1. The fraction of sp³-hybridized carbons (Fsp3) is 0.333. The molecule has 4 rings (SSSR count). The van der Waals surface area contributed by atoms with Crippen molar-refractivity contribution in [1.82, 2.24) is 10.4 Å². The Kier molecular flexibility index (Phi) is 4.95. The van der Waals surface area contributed by atoms with Crippen molar-refractivity contribution in [3.63, 3.8) is 0 Å². The van der Waals surface area contributed by atoms with E-state index in [0.717, 1.165) is 11.1 Å². The highest BCUT2D eigenvalue weighted by Crippen LogP contribution is 2.39. The van der Waals surface area contributed by atoms with Gasteiger partial charge in [-0.15, -0.1) is 0 Å². The van der Waals surface area contributed by atoms with Gasteiger partial charge in [-0.05, 0) is 53.8 Å². The van der Waals surface area contributed by atoms with Gasteiger partial charge in [-0.2, -0.15) is 5.06 Å². The van der Waals surface area contributed by atoms with Crippen LogP contribution in [0, 0.1) is 5.82 Å². The Morgan fingerprint density at radius 2 is 1.75 bits per heavy atom. The summed E-state index contributed by atoms with van der Waals surface area (Å²) in [6.45, 7) is 1.14. The van der Waals surface area contributed by atoms with E-state index >= 15 is 0 Å². The maximum Gasteiger partial charge on any atom is 0.236 e. The average Bonchev–Trinajstić information content (AvgIpc) is 2.93. The third-order valence-corrected chi connectivity index (χ3v) is 6.02. The van der Waals surface area contributed by atoms with Gasteiger partial charge in [0.1, 0.15) is 17.3 Å². The van der Waals surface area contributed by atoms with E-state index in [0.29, 0.717) is 36.5 Å². The molecule has 2 aliphatic rings. The third-order valence-electron chi connectivity index (χ3n) is 5.68. The van der Waals surface area contributed by atoms with Gasteiger partial charge in [0.2, 0.25) is 5.91 Å². The zero-order valence-electron chi connectivity index (χ0n) is 15.4. The number of benzene rings is 2. The number of nitrogens with zero attached hydrogens (tertiary/aromatic N) is 1. The highest BCUT2D eigenvalue weighted by atomic mass is 35.5. The van der Waals surface area contributed by atoms with Gasteiger partial charge in [0, 0.05) is 18.1 Å². The van der Waals surface area contributed by atoms with Crippen LogP contribution in [-0.2, 0) is 14.4 Å². The zero-order valence-corrected chi connectivity index (χ0v) is 16.1. The molecular formula is C21H20ClFN2O3. The third kappa shape index (κ3) is 3.21. The van der Waals surface area contributed by atoms with Gasteiger partial charge < -0.3 is 10.2 Å². The Morgan fingerprint density at radius 1 is 1.11 bits per heavy atom. The van der Waals surface area contributed by atoms with Gasteiger partial charge in [0.15, 0.2) is 5.78 Å². The molecular weight excluding hydrogens is 383 g/mol. The highest BCUT2D eigenvalue weighted by molar-refractivity contribution is 6.33. The molecule has 2 aromatic carbocycles. The van der Waals surface area contributed by atoms with E-state index in [-0.39, 0.29) is 17.5 Å². The number of piperidine rings is 1. The predicted molar refractivity (Wildman–Crippen MR) is 103 cm³/mol. The lowest BCUT2D eigenvalue weighted by Gasteiger charge is -2.36. The molecule has 0 saturated carbocycles. The average molecular weight is 403 g/mol. The molecule has 0 radical (unpaired) electrons. The molecule has 7 heteroatoms. The van der Waals surface area contributed by atoms with E-state index in [1.807, 2.05) is 0 Å². The van der Waals surface area contributed by atoms with Crippen molar-refractivity contribution in [2.45, 2.75) is 24.3 Å². The molecule has 1 atom stereocenters. The van der Waals surface area contributed by atoms with Crippen LogP contribution in [0.2, 0.25) is 5.02 Å². The van der Waals surface area contributed by atoms with E-state index in [9.17, 15) is 14.0 Å². The summed E-state index contributed by atoms with van der Waals surface area (Å²) >= 11 is 6.37. The van der Waals surface area contributed by atoms with Gasteiger partial charge in [0.05, 0.1) is 7.11 Å². The number of carbonyl (C=O) groups excluding carboxylic acids is 2. The topological polar surface area (TPSA) is 58.6 Å². The molecule has 1 spiro atoms. The summed E-state index contributed by atoms with van der Waals surface area (Å²) in [6.07, 6.45) is 0.994. The second-order valence-corrected chi connectivity index (χ2v) is 7.63. The van der Waals surface area contributed by atoms with Crippen molar-refractivity contribution in [1.29, 1.82) is 0 Å². The first-order valence-corrected chi connectivity index (χ1v) is 9.52. The molecule has 0 bridgehead atoms. The number of amides is 1. The molecule has 146 valence electrons. The van der Waals surface area contributed by atoms with Crippen molar-refractivity contribution >= 4 is 23.3 Å². The number of halogens is 2. The predicted octanol–water partition coefficient (Wildman–Crippen LogP) is 3.32. The molecule has 0 aliphatic carbocycles. The van der Waals surface area contributed by atoms with Crippen LogP contribution in [0.25, 0.3) is 11.1 Å². The largest absolute Gasteiger partial charge is 0.343 e. The molecule has 2 aromatic rings. The van der Waals surface area contributed by atoms with Crippen molar-refractivity contribution < 1.29 is 18.8 Å². The minimum Gasteiger partial charge on any atom is -0.343 e. The van der Waals surface area contributed by atoms with Crippen LogP contribution in [0.15, 0.2) is 42.5 Å². The van der Waals surface area contributed by atoms with Crippen LogP contribution in [-0.4, -0.2) is 42.5 Å². The highest BCUT2D eigenvalue weighted by Gasteiger charge is 2.54. The SMILES string of the molecule is CON1CCC2(CC1)NC(=O)C(c1cc(-c3ccc(F)cc3)ccc1Cl)C2=O. The van der Waals surface area contributed by atoms with E-state index in [4.69, 9.17) is 16.4 Å². The van der Waals surface area contributed by atoms with Crippen LogP contribution >= 0.6 is 11.6 Å². The number of Topliss-reactive ketones (excluding diaryl/α,β-unsaturated/α-hetero) is 1. The Hall–Kier alpha value is -2.28. The fourth-order valence-corrected chi connectivity index (χ4v) is 4.28. The minimum absolute atomic E-state index is 0.147. The van der Waals surface area contributed by atoms with E-state index in [1.54, 1.807) is 42.5 Å². The first-order valence-electron chi connectivity index (χ1n) is 9.14. The minimum atomic E-state index is -0.943. The van der Waals surface area contributed by atoms with Crippen LogP contribution in [0.1, 0.15) is 24.3 Å². The van der Waals surface area contributed by atoms with Crippen LogP contribution in [0.5, 0.6) is 0 Å². The summed E-state index contributed by atoms with van der Waals surface area (Å²) in [6, 6.07) is 11.3. The molecule has 2 fully saturated rings. The van der Waals surface area contributed by atoms with Crippen LogP contribution in [0.3, 0.4) is 0 Å². The fourth-order valence-electron chi connectivity index (χ4n) is 4.06. The van der Waals surface area contributed by atoms with E-state index in [1.165, 1.54) is 12.1 Å². The Morgan fingerprint density at radius 3 is 2.39 bits per heavy atom. The first kappa shape index (κ1) is 19.1. The summed E-state index contributed by atoms with van der Waals surface area (Å²) in [5.41, 5.74) is 1.17. The molecule has 2 saturated heterocycles. The summed E-state index contributed by atoms with van der Waals surface area (Å²) < 4.78 is 13.2. The first-order chi connectivity index (χ1) is 13.4. The monoisotopic (exact) mass is 402 g/mol. The maximum atomic E-state index is 13.3. The second-order valence-electron chi connectivity index (χ2n) is 7.22. The van der Waals surface area contributed by atoms with Gasteiger partial charge in [-0.3, -0.25) is 9.59 Å². The Balaban J connectivity index is 1.67. The normalized spacial score (nSPS) is 21.9. The lowest BCUT2D eigenvalue weighted by molar-refractivity contribution is -0.156. The summed E-state index contributed by atoms with van der Waals surface area (Å²) in [5.74, 6) is -1.74. The van der Waals surface area contributed by atoms with Crippen molar-refractivity contribution in [2.24, 2.45) is 0 Å². The van der Waals surface area contributed by atoms with Gasteiger partial charge in [-0.1, -0.05) is 29.8 Å². The second kappa shape index (κ2) is 7.28. The number of nitrogens with one attached hydrogen (secondary N) is 1. The molecule has 28 heavy (non-hydrogen) atoms.